The minimum Gasteiger partial charge on any atom is -0.491 e. The first-order valence-electron chi connectivity index (χ1n) is 5.04. The van der Waals surface area contributed by atoms with E-state index >= 15 is 0 Å². The van der Waals surface area contributed by atoms with Gasteiger partial charge in [-0.3, -0.25) is 4.79 Å². The Morgan fingerprint density at radius 1 is 1.41 bits per heavy atom. The number of halogens is 1. The van der Waals surface area contributed by atoms with Crippen LogP contribution in [0, 0.1) is 0 Å². The average Bonchev–Trinajstić information content (AvgIpc) is 2.36. The number of rotatable bonds is 6. The van der Waals surface area contributed by atoms with Crippen LogP contribution >= 0.6 is 11.6 Å². The molecule has 0 saturated carbocycles. The van der Waals surface area contributed by atoms with Gasteiger partial charge in [0, 0.05) is 17.3 Å². The van der Waals surface area contributed by atoms with Gasteiger partial charge < -0.3 is 20.3 Å². The lowest BCUT2D eigenvalue weighted by atomic mass is 10.2. The molecule has 0 saturated heterocycles. The number of aliphatic hydroxyl groups is 2. The van der Waals surface area contributed by atoms with Crippen LogP contribution in [0.4, 0.5) is 5.69 Å². The summed E-state index contributed by atoms with van der Waals surface area (Å²) in [6, 6.07) is 4.85. The molecule has 0 aliphatic heterocycles. The molecular weight excluding hydrogens is 246 g/mol. The normalized spacial score (nSPS) is 10.1. The van der Waals surface area contributed by atoms with Crippen LogP contribution in [-0.4, -0.2) is 35.2 Å². The van der Waals surface area contributed by atoms with Gasteiger partial charge in [-0.1, -0.05) is 6.07 Å². The second-order valence-corrected chi connectivity index (χ2v) is 3.50. The van der Waals surface area contributed by atoms with Gasteiger partial charge in [0.05, 0.1) is 13.2 Å². The van der Waals surface area contributed by atoms with Crippen molar-refractivity contribution in [1.29, 1.82) is 0 Å². The van der Waals surface area contributed by atoms with Crippen molar-refractivity contribution in [3.05, 3.63) is 23.8 Å². The van der Waals surface area contributed by atoms with E-state index < -0.39 is 0 Å². The minimum atomic E-state index is -0.323. The Labute approximate surface area is 104 Å². The van der Waals surface area contributed by atoms with Crippen molar-refractivity contribution in [3.63, 3.8) is 0 Å². The van der Waals surface area contributed by atoms with E-state index in [-0.39, 0.29) is 31.6 Å². The standard InChI is InChI=1S/C11H14ClNO4/c12-6-11(16)13-9-2-1-8(7-15)10(5-9)17-4-3-14/h1-2,5,14-15H,3-4,6-7H2,(H,13,16). The molecule has 1 aromatic rings. The molecule has 0 heterocycles. The van der Waals surface area contributed by atoms with E-state index in [1.165, 1.54) is 0 Å². The lowest BCUT2D eigenvalue weighted by Crippen LogP contribution is -2.13. The Balaban J connectivity index is 2.83. The van der Waals surface area contributed by atoms with Crippen molar-refractivity contribution >= 4 is 23.2 Å². The quantitative estimate of drug-likeness (QED) is 0.658. The molecule has 3 N–H and O–H groups in total. The van der Waals surface area contributed by atoms with Crippen molar-refractivity contribution < 1.29 is 19.7 Å². The molecule has 6 heteroatoms. The van der Waals surface area contributed by atoms with Crippen molar-refractivity contribution in [2.45, 2.75) is 6.61 Å². The zero-order valence-electron chi connectivity index (χ0n) is 9.15. The number of benzene rings is 1. The third kappa shape index (κ3) is 4.22. The minimum absolute atomic E-state index is 0.122. The van der Waals surface area contributed by atoms with Crippen molar-refractivity contribution in [1.82, 2.24) is 0 Å². The number of hydrogen-bond donors (Lipinski definition) is 3. The molecule has 0 bridgehead atoms. The van der Waals surface area contributed by atoms with Crippen LogP contribution in [0.3, 0.4) is 0 Å². The van der Waals surface area contributed by atoms with Crippen LogP contribution < -0.4 is 10.1 Å². The number of aliphatic hydroxyl groups excluding tert-OH is 2. The highest BCUT2D eigenvalue weighted by atomic mass is 35.5. The smallest absolute Gasteiger partial charge is 0.239 e. The van der Waals surface area contributed by atoms with E-state index in [1.54, 1.807) is 18.2 Å². The first kappa shape index (κ1) is 13.8. The van der Waals surface area contributed by atoms with E-state index in [0.717, 1.165) is 0 Å². The van der Waals surface area contributed by atoms with Gasteiger partial charge in [-0.05, 0) is 6.07 Å². The van der Waals surface area contributed by atoms with E-state index in [9.17, 15) is 4.79 Å². The molecule has 0 aromatic heterocycles. The molecule has 94 valence electrons. The number of carbonyl (C=O) groups excluding carboxylic acids is 1. The van der Waals surface area contributed by atoms with Crippen LogP contribution in [0.15, 0.2) is 18.2 Å². The summed E-state index contributed by atoms with van der Waals surface area (Å²) in [5.74, 6) is -0.0281. The molecule has 0 aliphatic rings. The highest BCUT2D eigenvalue weighted by Crippen LogP contribution is 2.23. The monoisotopic (exact) mass is 259 g/mol. The summed E-state index contributed by atoms with van der Waals surface area (Å²) in [5, 5.41) is 20.3. The third-order valence-corrected chi connectivity index (χ3v) is 2.23. The van der Waals surface area contributed by atoms with Gasteiger partial charge in [-0.25, -0.2) is 0 Å². The number of anilines is 1. The van der Waals surface area contributed by atoms with E-state index in [1.807, 2.05) is 0 Å². The van der Waals surface area contributed by atoms with Crippen molar-refractivity contribution in [2.24, 2.45) is 0 Å². The first-order chi connectivity index (χ1) is 8.21. The van der Waals surface area contributed by atoms with Gasteiger partial charge in [0.15, 0.2) is 0 Å². The molecular formula is C11H14ClNO4. The fourth-order valence-corrected chi connectivity index (χ4v) is 1.31. The van der Waals surface area contributed by atoms with Crippen molar-refractivity contribution in [2.75, 3.05) is 24.4 Å². The molecule has 17 heavy (non-hydrogen) atoms. The Hall–Kier alpha value is -1.30. The van der Waals surface area contributed by atoms with Gasteiger partial charge in [-0.2, -0.15) is 0 Å². The third-order valence-electron chi connectivity index (χ3n) is 1.99. The highest BCUT2D eigenvalue weighted by Gasteiger charge is 2.06. The maximum absolute atomic E-state index is 11.1. The van der Waals surface area contributed by atoms with Crippen LogP contribution in [0.1, 0.15) is 5.56 Å². The number of ether oxygens (including phenoxy) is 1. The Kier molecular flexibility index (Phi) is 5.76. The van der Waals surface area contributed by atoms with Gasteiger partial charge in [0.2, 0.25) is 5.91 Å². The number of amides is 1. The van der Waals surface area contributed by atoms with Crippen molar-refractivity contribution in [3.8, 4) is 5.75 Å². The number of carbonyl (C=O) groups is 1. The fourth-order valence-electron chi connectivity index (χ4n) is 1.25. The summed E-state index contributed by atoms with van der Waals surface area (Å²) in [6.45, 7) is -0.173. The summed E-state index contributed by atoms with van der Waals surface area (Å²) in [7, 11) is 0. The summed E-state index contributed by atoms with van der Waals surface area (Å²) >= 11 is 5.37. The highest BCUT2D eigenvalue weighted by molar-refractivity contribution is 6.29. The molecule has 0 unspecified atom stereocenters. The molecule has 0 aliphatic carbocycles. The van der Waals surface area contributed by atoms with Gasteiger partial charge >= 0.3 is 0 Å². The summed E-state index contributed by atoms with van der Waals surface area (Å²) in [6.07, 6.45) is 0. The van der Waals surface area contributed by atoms with Gasteiger partial charge in [0.25, 0.3) is 0 Å². The summed E-state index contributed by atoms with van der Waals surface area (Å²) in [5.41, 5.74) is 1.11. The summed E-state index contributed by atoms with van der Waals surface area (Å²) < 4.78 is 5.24. The van der Waals surface area contributed by atoms with Gasteiger partial charge in [0.1, 0.15) is 18.2 Å². The van der Waals surface area contributed by atoms with Gasteiger partial charge in [-0.15, -0.1) is 11.6 Å². The maximum Gasteiger partial charge on any atom is 0.239 e. The average molecular weight is 260 g/mol. The van der Waals surface area contributed by atoms with E-state index in [0.29, 0.717) is 17.0 Å². The second-order valence-electron chi connectivity index (χ2n) is 3.23. The zero-order chi connectivity index (χ0) is 12.7. The van der Waals surface area contributed by atoms with E-state index in [4.69, 9.17) is 26.6 Å². The summed E-state index contributed by atoms with van der Waals surface area (Å²) in [4.78, 5) is 11.1. The number of nitrogens with one attached hydrogen (secondary N) is 1. The Morgan fingerprint density at radius 2 is 2.18 bits per heavy atom. The maximum atomic E-state index is 11.1. The first-order valence-corrected chi connectivity index (χ1v) is 5.58. The molecule has 0 fully saturated rings. The lowest BCUT2D eigenvalue weighted by molar-refractivity contribution is -0.113. The molecule has 5 nitrogen and oxygen atoms in total. The van der Waals surface area contributed by atoms with Crippen LogP contribution in [0.25, 0.3) is 0 Å². The molecule has 0 atom stereocenters. The lowest BCUT2D eigenvalue weighted by Gasteiger charge is -2.11. The number of hydrogen-bond acceptors (Lipinski definition) is 4. The predicted molar refractivity (Wildman–Crippen MR) is 64.3 cm³/mol. The second kappa shape index (κ2) is 7.11. The van der Waals surface area contributed by atoms with Crippen LogP contribution in [0.2, 0.25) is 0 Å². The van der Waals surface area contributed by atoms with Crippen LogP contribution in [0.5, 0.6) is 5.75 Å². The Morgan fingerprint density at radius 3 is 2.76 bits per heavy atom. The largest absolute Gasteiger partial charge is 0.491 e. The topological polar surface area (TPSA) is 78.8 Å². The fraction of sp³-hybridized carbons (Fsp3) is 0.364. The molecule has 0 radical (unpaired) electrons. The van der Waals surface area contributed by atoms with E-state index in [2.05, 4.69) is 5.32 Å². The SMILES string of the molecule is O=C(CCl)Nc1ccc(CO)c(OCCO)c1. The molecule has 1 amide bonds. The number of alkyl halides is 1. The Bertz CT molecular complexity index is 384. The molecule has 0 spiro atoms. The molecule has 1 rings (SSSR count). The predicted octanol–water partition coefficient (Wildman–Crippen LogP) is 0.727. The zero-order valence-corrected chi connectivity index (χ0v) is 9.91. The molecule has 1 aromatic carbocycles. The van der Waals surface area contributed by atoms with Crippen LogP contribution in [-0.2, 0) is 11.4 Å².